The van der Waals surface area contributed by atoms with E-state index in [0.717, 1.165) is 11.8 Å². The molecule has 0 saturated heterocycles. The zero-order valence-corrected chi connectivity index (χ0v) is 11.3. The second-order valence-electron chi connectivity index (χ2n) is 5.38. The summed E-state index contributed by atoms with van der Waals surface area (Å²) in [4.78, 5) is 0. The van der Waals surface area contributed by atoms with E-state index in [-0.39, 0.29) is 0 Å². The van der Waals surface area contributed by atoms with Crippen molar-refractivity contribution in [1.82, 2.24) is 0 Å². The molecule has 0 spiro atoms. The van der Waals surface area contributed by atoms with Crippen LogP contribution in [0.4, 0.5) is 0 Å². The maximum absolute atomic E-state index is 3.84. The lowest BCUT2D eigenvalue weighted by atomic mass is 9.88. The Bertz CT molecular complexity index is 148. The van der Waals surface area contributed by atoms with Gasteiger partial charge >= 0.3 is 0 Å². The van der Waals surface area contributed by atoms with Crippen LogP contribution in [0.5, 0.6) is 0 Å². The summed E-state index contributed by atoms with van der Waals surface area (Å²) >= 11 is 0. The molecule has 0 N–H and O–H groups in total. The molecule has 0 bridgehead atoms. The molecule has 0 rings (SSSR count). The van der Waals surface area contributed by atoms with Gasteiger partial charge in [-0.1, -0.05) is 59.5 Å². The van der Waals surface area contributed by atoms with Crippen LogP contribution in [0, 0.1) is 17.8 Å². The Morgan fingerprint density at radius 1 is 1.00 bits per heavy atom. The van der Waals surface area contributed by atoms with Crippen molar-refractivity contribution in [3.05, 3.63) is 12.7 Å². The van der Waals surface area contributed by atoms with Gasteiger partial charge in [-0.3, -0.25) is 0 Å². The van der Waals surface area contributed by atoms with Crippen LogP contribution in [-0.2, 0) is 0 Å². The Balaban J connectivity index is 3.54. The smallest absolute Gasteiger partial charge is 0.0265 e. The molecule has 0 aromatic rings. The number of hydrogen-bond acceptors (Lipinski definition) is 0. The number of hydrogen-bond donors (Lipinski definition) is 0. The molecule has 0 aliphatic rings. The van der Waals surface area contributed by atoms with Crippen molar-refractivity contribution >= 4 is 0 Å². The van der Waals surface area contributed by atoms with Gasteiger partial charge in [-0.05, 0) is 30.6 Å². The zero-order valence-electron chi connectivity index (χ0n) is 11.3. The summed E-state index contributed by atoms with van der Waals surface area (Å²) in [5.41, 5.74) is 0. The van der Waals surface area contributed by atoms with Crippen molar-refractivity contribution in [3.63, 3.8) is 0 Å². The summed E-state index contributed by atoms with van der Waals surface area (Å²) in [5.74, 6) is 2.50. The lowest BCUT2D eigenvalue weighted by molar-refractivity contribution is 0.354. The SMILES string of the molecule is C=CC(C)CCC(C)CC(C)CCCC. The molecule has 0 aliphatic heterocycles. The first-order valence-electron chi connectivity index (χ1n) is 6.72. The quantitative estimate of drug-likeness (QED) is 0.444. The van der Waals surface area contributed by atoms with E-state index in [0.29, 0.717) is 5.92 Å². The second-order valence-corrected chi connectivity index (χ2v) is 5.38. The maximum Gasteiger partial charge on any atom is -0.0265 e. The average molecular weight is 210 g/mol. The summed E-state index contributed by atoms with van der Waals surface area (Å²) in [6, 6.07) is 0. The monoisotopic (exact) mass is 210 g/mol. The molecular formula is C15H30. The largest absolute Gasteiger partial charge is 0.103 e. The molecule has 0 nitrogen and oxygen atoms in total. The summed E-state index contributed by atoms with van der Waals surface area (Å²) < 4.78 is 0. The average Bonchev–Trinajstić information content (AvgIpc) is 2.22. The minimum atomic E-state index is 0.693. The number of unbranched alkanes of at least 4 members (excludes halogenated alkanes) is 1. The molecule has 0 heteroatoms. The van der Waals surface area contributed by atoms with E-state index in [1.807, 2.05) is 0 Å². The van der Waals surface area contributed by atoms with Crippen molar-refractivity contribution in [2.24, 2.45) is 17.8 Å². The highest BCUT2D eigenvalue weighted by molar-refractivity contribution is 4.75. The van der Waals surface area contributed by atoms with E-state index >= 15 is 0 Å². The molecule has 0 fully saturated rings. The first-order chi connectivity index (χ1) is 7.10. The summed E-state index contributed by atoms with van der Waals surface area (Å²) in [6.07, 6.45) is 10.3. The predicted octanol–water partition coefficient (Wildman–Crippen LogP) is 5.44. The Morgan fingerprint density at radius 2 is 1.60 bits per heavy atom. The van der Waals surface area contributed by atoms with Crippen LogP contribution in [0.15, 0.2) is 12.7 Å². The summed E-state index contributed by atoms with van der Waals surface area (Å²) in [7, 11) is 0. The minimum absolute atomic E-state index is 0.693. The molecular weight excluding hydrogens is 180 g/mol. The molecule has 3 atom stereocenters. The Hall–Kier alpha value is -0.260. The van der Waals surface area contributed by atoms with E-state index in [1.54, 1.807) is 0 Å². The molecule has 15 heavy (non-hydrogen) atoms. The number of allylic oxidation sites excluding steroid dienone is 1. The van der Waals surface area contributed by atoms with E-state index < -0.39 is 0 Å². The van der Waals surface area contributed by atoms with Gasteiger partial charge in [0.15, 0.2) is 0 Å². The molecule has 0 aromatic carbocycles. The molecule has 90 valence electrons. The van der Waals surface area contributed by atoms with E-state index in [2.05, 4.69) is 40.3 Å². The lowest BCUT2D eigenvalue weighted by Crippen LogP contribution is -2.05. The van der Waals surface area contributed by atoms with Crippen LogP contribution in [0.2, 0.25) is 0 Å². The van der Waals surface area contributed by atoms with Gasteiger partial charge in [0.1, 0.15) is 0 Å². The van der Waals surface area contributed by atoms with Crippen molar-refractivity contribution in [2.75, 3.05) is 0 Å². The Kier molecular flexibility index (Phi) is 8.85. The first-order valence-corrected chi connectivity index (χ1v) is 6.72. The molecule has 0 amide bonds. The first kappa shape index (κ1) is 14.7. The molecule has 0 saturated carbocycles. The van der Waals surface area contributed by atoms with Crippen molar-refractivity contribution in [3.8, 4) is 0 Å². The van der Waals surface area contributed by atoms with E-state index in [4.69, 9.17) is 0 Å². The third kappa shape index (κ3) is 8.72. The molecule has 0 heterocycles. The predicted molar refractivity (Wildman–Crippen MR) is 71.1 cm³/mol. The second kappa shape index (κ2) is 9.00. The normalized spacial score (nSPS) is 17.1. The van der Waals surface area contributed by atoms with Gasteiger partial charge in [0.25, 0.3) is 0 Å². The van der Waals surface area contributed by atoms with Gasteiger partial charge < -0.3 is 0 Å². The van der Waals surface area contributed by atoms with Gasteiger partial charge in [0, 0.05) is 0 Å². The Labute approximate surface area is 97.2 Å². The summed E-state index contributed by atoms with van der Waals surface area (Å²) in [6.45, 7) is 13.2. The molecule has 0 aliphatic carbocycles. The fourth-order valence-electron chi connectivity index (χ4n) is 2.14. The van der Waals surface area contributed by atoms with Gasteiger partial charge in [-0.25, -0.2) is 0 Å². The Morgan fingerprint density at radius 3 is 2.13 bits per heavy atom. The third-order valence-corrected chi connectivity index (χ3v) is 3.37. The van der Waals surface area contributed by atoms with Crippen LogP contribution >= 0.6 is 0 Å². The topological polar surface area (TPSA) is 0 Å². The van der Waals surface area contributed by atoms with E-state index in [1.165, 1.54) is 38.5 Å². The fourth-order valence-corrected chi connectivity index (χ4v) is 2.14. The molecule has 0 aromatic heterocycles. The van der Waals surface area contributed by atoms with Crippen molar-refractivity contribution in [2.45, 2.75) is 66.2 Å². The third-order valence-electron chi connectivity index (χ3n) is 3.37. The maximum atomic E-state index is 3.84. The number of rotatable bonds is 9. The zero-order chi connectivity index (χ0) is 11.7. The van der Waals surface area contributed by atoms with Gasteiger partial charge in [0.05, 0.1) is 0 Å². The molecule has 3 unspecified atom stereocenters. The highest BCUT2D eigenvalue weighted by Gasteiger charge is 2.09. The van der Waals surface area contributed by atoms with Crippen LogP contribution in [0.3, 0.4) is 0 Å². The van der Waals surface area contributed by atoms with Crippen molar-refractivity contribution < 1.29 is 0 Å². The highest BCUT2D eigenvalue weighted by atomic mass is 14.1. The summed E-state index contributed by atoms with van der Waals surface area (Å²) in [5, 5.41) is 0. The standard InChI is InChI=1S/C15H30/c1-6-8-9-14(4)12-15(5)11-10-13(3)7-2/h7,13-15H,2,6,8-12H2,1,3-5H3. The lowest BCUT2D eigenvalue weighted by Gasteiger charge is -2.18. The highest BCUT2D eigenvalue weighted by Crippen LogP contribution is 2.22. The van der Waals surface area contributed by atoms with Crippen molar-refractivity contribution in [1.29, 1.82) is 0 Å². The molecule has 0 radical (unpaired) electrons. The fraction of sp³-hybridized carbons (Fsp3) is 0.867. The minimum Gasteiger partial charge on any atom is -0.103 e. The van der Waals surface area contributed by atoms with E-state index in [9.17, 15) is 0 Å². The van der Waals surface area contributed by atoms with Crippen LogP contribution in [0.1, 0.15) is 66.2 Å². The van der Waals surface area contributed by atoms with Gasteiger partial charge in [0.2, 0.25) is 0 Å². The van der Waals surface area contributed by atoms with Crippen LogP contribution < -0.4 is 0 Å². The van der Waals surface area contributed by atoms with Gasteiger partial charge in [-0.2, -0.15) is 0 Å². The van der Waals surface area contributed by atoms with Gasteiger partial charge in [-0.15, -0.1) is 6.58 Å². The van der Waals surface area contributed by atoms with Crippen LogP contribution in [0.25, 0.3) is 0 Å². The van der Waals surface area contributed by atoms with Crippen LogP contribution in [-0.4, -0.2) is 0 Å².